The zero-order chi connectivity index (χ0) is 16.6. The average molecular weight is 348 g/mol. The lowest BCUT2D eigenvalue weighted by Crippen LogP contribution is -2.47. The molecule has 10 heteroatoms. The minimum absolute atomic E-state index is 0.739. The maximum atomic E-state index is 11.9. The fourth-order valence-electron chi connectivity index (χ4n) is 2.01. The Morgan fingerprint density at radius 1 is 1.14 bits per heavy atom. The van der Waals surface area contributed by atoms with Crippen LogP contribution in [0.15, 0.2) is 42.7 Å². The number of hydrogen-bond acceptors (Lipinski definition) is 4. The van der Waals surface area contributed by atoms with E-state index < -0.39 is 26.8 Å². The van der Waals surface area contributed by atoms with Crippen molar-refractivity contribution in [1.29, 1.82) is 0 Å². The van der Waals surface area contributed by atoms with E-state index in [0.29, 0.717) is 0 Å². The second-order valence-electron chi connectivity index (χ2n) is 4.77. The molecular formula is C12H16NO7P2+. The molecule has 0 spiro atoms. The van der Waals surface area contributed by atoms with E-state index in [1.54, 1.807) is 18.2 Å². The number of aromatic nitrogens is 1. The van der Waals surface area contributed by atoms with E-state index in [-0.39, 0.29) is 0 Å². The Labute approximate surface area is 126 Å². The Kier molecular flexibility index (Phi) is 4.57. The summed E-state index contributed by atoms with van der Waals surface area (Å²) < 4.78 is 28.9. The maximum Gasteiger partial charge on any atom is 0.378 e. The lowest BCUT2D eigenvalue weighted by molar-refractivity contribution is -0.702. The molecule has 0 aliphatic rings. The summed E-state index contributed by atoms with van der Waals surface area (Å²) in [6.45, 7) is -0.802. The second-order valence-corrected chi connectivity index (χ2v) is 9.09. The van der Waals surface area contributed by atoms with Crippen LogP contribution in [0.4, 0.5) is 0 Å². The number of fused-ring (bicyclic) bond motifs is 1. The van der Waals surface area contributed by atoms with Gasteiger partial charge in [0.05, 0.1) is 0 Å². The first-order valence-corrected chi connectivity index (χ1v) is 9.34. The van der Waals surface area contributed by atoms with Gasteiger partial charge in [0.25, 0.3) is 0 Å². The lowest BCUT2D eigenvalue weighted by atomic mass is 10.2. The van der Waals surface area contributed by atoms with Crippen molar-refractivity contribution >= 4 is 26.0 Å². The van der Waals surface area contributed by atoms with Crippen LogP contribution in [-0.2, 0) is 20.2 Å². The van der Waals surface area contributed by atoms with E-state index in [1.807, 2.05) is 12.1 Å². The van der Waals surface area contributed by atoms with Crippen LogP contribution in [0.2, 0.25) is 0 Å². The van der Waals surface area contributed by atoms with Crippen molar-refractivity contribution in [3.8, 4) is 0 Å². The molecule has 2 rings (SSSR count). The summed E-state index contributed by atoms with van der Waals surface area (Å²) in [6.07, 6.45) is 2.95. The Morgan fingerprint density at radius 3 is 2.27 bits per heavy atom. The van der Waals surface area contributed by atoms with Crippen molar-refractivity contribution in [2.45, 2.75) is 11.6 Å². The van der Waals surface area contributed by atoms with Crippen LogP contribution in [-0.4, -0.2) is 32.0 Å². The highest BCUT2D eigenvalue weighted by molar-refractivity contribution is 7.72. The largest absolute Gasteiger partial charge is 0.378 e. The topological polar surface area (TPSA) is 128 Å². The zero-order valence-corrected chi connectivity index (χ0v) is 13.4. The van der Waals surface area contributed by atoms with Crippen molar-refractivity contribution < 1.29 is 38.0 Å². The van der Waals surface area contributed by atoms with E-state index >= 15 is 0 Å². The van der Waals surface area contributed by atoms with Crippen LogP contribution in [0.3, 0.4) is 0 Å². The van der Waals surface area contributed by atoms with Crippen molar-refractivity contribution in [2.24, 2.45) is 0 Å². The molecule has 8 nitrogen and oxygen atoms in total. The Morgan fingerprint density at radius 2 is 1.73 bits per heavy atom. The Hall–Kier alpha value is -1.11. The molecular weight excluding hydrogens is 332 g/mol. The van der Waals surface area contributed by atoms with Crippen LogP contribution in [0.5, 0.6) is 0 Å². The monoisotopic (exact) mass is 348 g/mol. The number of hydrogen-bond donors (Lipinski definition) is 4. The molecule has 2 unspecified atom stereocenters. The van der Waals surface area contributed by atoms with Gasteiger partial charge in [-0.3, -0.25) is 9.13 Å². The first kappa shape index (κ1) is 17.2. The molecule has 1 heterocycles. The molecule has 1 aromatic carbocycles. The van der Waals surface area contributed by atoms with Crippen molar-refractivity contribution in [2.75, 3.05) is 7.11 Å². The first-order valence-electron chi connectivity index (χ1n) is 6.15. The van der Waals surface area contributed by atoms with E-state index in [2.05, 4.69) is 4.52 Å². The van der Waals surface area contributed by atoms with Crippen molar-refractivity contribution in [3.05, 3.63) is 42.7 Å². The molecule has 1 aromatic heterocycles. The summed E-state index contributed by atoms with van der Waals surface area (Å²) in [7, 11) is -9.53. The third kappa shape index (κ3) is 3.00. The van der Waals surface area contributed by atoms with Gasteiger partial charge in [-0.1, -0.05) is 18.2 Å². The number of rotatable bonds is 5. The van der Waals surface area contributed by atoms with Gasteiger partial charge >= 0.3 is 20.3 Å². The summed E-state index contributed by atoms with van der Waals surface area (Å²) in [5, 5.41) is 8.56. The normalized spacial score (nSPS) is 17.9. The summed E-state index contributed by atoms with van der Waals surface area (Å²) in [5.41, 5.74) is 0. The van der Waals surface area contributed by atoms with Gasteiger partial charge in [-0.15, -0.1) is 0 Å². The maximum absolute atomic E-state index is 11.9. The zero-order valence-electron chi connectivity index (χ0n) is 11.6. The highest BCUT2D eigenvalue weighted by Crippen LogP contribution is 2.69. The van der Waals surface area contributed by atoms with Gasteiger partial charge in [0.15, 0.2) is 12.4 Å². The molecule has 0 aliphatic heterocycles. The Bertz CT molecular complexity index is 790. The van der Waals surface area contributed by atoms with Gasteiger partial charge in [0.1, 0.15) is 0 Å². The molecule has 0 amide bonds. The van der Waals surface area contributed by atoms with Crippen molar-refractivity contribution in [1.82, 2.24) is 0 Å². The molecule has 120 valence electrons. The minimum Gasteiger partial charge on any atom is -0.363 e. The van der Waals surface area contributed by atoms with E-state index in [4.69, 9.17) is 0 Å². The van der Waals surface area contributed by atoms with E-state index in [0.717, 1.165) is 17.9 Å². The molecule has 0 fully saturated rings. The average Bonchev–Trinajstić information content (AvgIpc) is 2.45. The van der Waals surface area contributed by atoms with Crippen LogP contribution < -0.4 is 4.57 Å². The van der Waals surface area contributed by atoms with Gasteiger partial charge in [-0.05, 0) is 11.5 Å². The molecule has 0 saturated heterocycles. The summed E-state index contributed by atoms with van der Waals surface area (Å²) in [4.78, 5) is 28.3. The fourth-order valence-corrected chi connectivity index (χ4v) is 4.56. The quantitative estimate of drug-likeness (QED) is 0.464. The molecule has 22 heavy (non-hydrogen) atoms. The minimum atomic E-state index is -5.36. The molecule has 2 atom stereocenters. The van der Waals surface area contributed by atoms with Gasteiger partial charge in [0.2, 0.25) is 6.54 Å². The molecule has 0 saturated carbocycles. The van der Waals surface area contributed by atoms with Crippen molar-refractivity contribution in [3.63, 3.8) is 0 Å². The fraction of sp³-hybridized carbons (Fsp3) is 0.250. The number of aliphatic hydroxyl groups is 1. The number of pyridine rings is 1. The summed E-state index contributed by atoms with van der Waals surface area (Å²) >= 11 is 0. The van der Waals surface area contributed by atoms with Crippen LogP contribution in [0.1, 0.15) is 0 Å². The van der Waals surface area contributed by atoms with Gasteiger partial charge < -0.3 is 24.3 Å². The molecule has 0 radical (unpaired) electrons. The second kappa shape index (κ2) is 5.83. The predicted octanol–water partition coefficient (Wildman–Crippen LogP) is 0.783. The van der Waals surface area contributed by atoms with E-state index in [9.17, 15) is 28.9 Å². The molecule has 4 N–H and O–H groups in total. The van der Waals surface area contributed by atoms with E-state index in [1.165, 1.54) is 17.0 Å². The Balaban J connectivity index is 2.50. The third-order valence-electron chi connectivity index (χ3n) is 3.31. The standard InChI is InChI=1S/C12H15NO7P2/c1-20-22(18,19)12(14,21(15,16)17)9-13-7-6-10-4-2-3-5-11(10)8-13/h2-8,14H,9H2,1H3,(H2-,15,16,17,18,19)/p+1. The smallest absolute Gasteiger partial charge is 0.363 e. The predicted molar refractivity (Wildman–Crippen MR) is 78.0 cm³/mol. The number of nitrogens with zero attached hydrogens (tertiary/aromatic N) is 1. The van der Waals surface area contributed by atoms with Gasteiger partial charge in [-0.25, -0.2) is 4.57 Å². The van der Waals surface area contributed by atoms with Gasteiger partial charge in [0, 0.05) is 18.6 Å². The third-order valence-corrected chi connectivity index (χ3v) is 7.46. The molecule has 0 aliphatic carbocycles. The summed E-state index contributed by atoms with van der Waals surface area (Å²) in [5.74, 6) is 0. The van der Waals surface area contributed by atoms with Crippen LogP contribution in [0, 0.1) is 0 Å². The summed E-state index contributed by atoms with van der Waals surface area (Å²) in [6, 6.07) is 8.85. The lowest BCUT2D eigenvalue weighted by Gasteiger charge is -2.28. The molecule has 0 bridgehead atoms. The highest BCUT2D eigenvalue weighted by atomic mass is 31.2. The SMILES string of the molecule is COP(=O)(O)C(O)(C[n+]1ccc2ccccc2c1)P(=O)(O)O. The first-order chi connectivity index (χ1) is 10.1. The van der Waals surface area contributed by atoms with Crippen LogP contribution >= 0.6 is 15.2 Å². The highest BCUT2D eigenvalue weighted by Gasteiger charge is 2.63. The number of benzene rings is 1. The van der Waals surface area contributed by atoms with Gasteiger partial charge in [-0.2, -0.15) is 0 Å². The van der Waals surface area contributed by atoms with Crippen LogP contribution in [0.25, 0.3) is 10.8 Å². The molecule has 2 aromatic rings.